The minimum atomic E-state index is -0.471. The number of nitro groups is 1. The van der Waals surface area contributed by atoms with E-state index >= 15 is 0 Å². The van der Waals surface area contributed by atoms with Gasteiger partial charge >= 0.3 is 5.69 Å². The largest absolute Gasteiger partial charge is 0.362 e. The van der Waals surface area contributed by atoms with E-state index in [1.807, 2.05) is 37.3 Å². The highest BCUT2D eigenvalue weighted by Gasteiger charge is 2.17. The lowest BCUT2D eigenvalue weighted by Crippen LogP contribution is -2.19. The quantitative estimate of drug-likeness (QED) is 0.518. The van der Waals surface area contributed by atoms with E-state index in [2.05, 4.69) is 10.3 Å². The van der Waals surface area contributed by atoms with E-state index in [0.29, 0.717) is 0 Å². The third-order valence-electron chi connectivity index (χ3n) is 2.80. The average molecular weight is 292 g/mol. The number of hydrogen-bond donors (Lipinski definition) is 1. The molecule has 1 atom stereocenters. The Bertz CT molecular complexity index is 605. The van der Waals surface area contributed by atoms with Crippen LogP contribution in [0.3, 0.4) is 0 Å². The van der Waals surface area contributed by atoms with Gasteiger partial charge in [0.25, 0.3) is 0 Å². The van der Waals surface area contributed by atoms with Gasteiger partial charge in [-0.05, 0) is 25.0 Å². The highest BCUT2D eigenvalue weighted by molar-refractivity contribution is 6.29. The Hall–Kier alpha value is -2.14. The number of aromatic nitrogens is 1. The summed E-state index contributed by atoms with van der Waals surface area (Å²) in [7, 11) is 0. The van der Waals surface area contributed by atoms with Crippen LogP contribution in [0, 0.1) is 10.1 Å². The molecule has 2 aromatic rings. The first-order chi connectivity index (χ1) is 9.56. The first-order valence-corrected chi connectivity index (χ1v) is 6.55. The van der Waals surface area contributed by atoms with Crippen LogP contribution in [0.15, 0.2) is 42.5 Å². The Kier molecular flexibility index (Phi) is 4.53. The summed E-state index contributed by atoms with van der Waals surface area (Å²) < 4.78 is 0. The molecule has 1 unspecified atom stereocenters. The summed E-state index contributed by atoms with van der Waals surface area (Å²) in [5.74, 6) is 0.200. The molecule has 0 bridgehead atoms. The van der Waals surface area contributed by atoms with Crippen LogP contribution in [0.25, 0.3) is 0 Å². The number of hydrogen-bond acceptors (Lipinski definition) is 4. The number of benzene rings is 1. The summed E-state index contributed by atoms with van der Waals surface area (Å²) in [5, 5.41) is 14.2. The number of nitrogens with zero attached hydrogens (tertiary/aromatic N) is 2. The average Bonchev–Trinajstić information content (AvgIpc) is 2.39. The molecule has 0 amide bonds. The van der Waals surface area contributed by atoms with Crippen LogP contribution in [0.4, 0.5) is 11.5 Å². The van der Waals surface area contributed by atoms with Crippen LogP contribution >= 0.6 is 11.6 Å². The lowest BCUT2D eigenvalue weighted by atomic mass is 10.1. The highest BCUT2D eigenvalue weighted by atomic mass is 35.5. The Morgan fingerprint density at radius 1 is 1.30 bits per heavy atom. The Morgan fingerprint density at radius 3 is 2.65 bits per heavy atom. The maximum atomic E-state index is 11.0. The first-order valence-electron chi connectivity index (χ1n) is 6.17. The molecule has 0 spiro atoms. The predicted octanol–water partition coefficient (Wildman–Crippen LogP) is 3.69. The Labute approximate surface area is 121 Å². The van der Waals surface area contributed by atoms with Crippen molar-refractivity contribution in [3.8, 4) is 0 Å². The van der Waals surface area contributed by atoms with Crippen molar-refractivity contribution >= 4 is 23.1 Å². The SMILES string of the molecule is CC(Cc1ccccc1)Nc1nc(Cl)ccc1[N+](=O)[O-]. The van der Waals surface area contributed by atoms with E-state index in [4.69, 9.17) is 11.6 Å². The minimum Gasteiger partial charge on any atom is -0.362 e. The van der Waals surface area contributed by atoms with Gasteiger partial charge in [0.05, 0.1) is 4.92 Å². The smallest absolute Gasteiger partial charge is 0.311 e. The van der Waals surface area contributed by atoms with E-state index in [1.165, 1.54) is 12.1 Å². The molecule has 0 radical (unpaired) electrons. The van der Waals surface area contributed by atoms with Gasteiger partial charge in [-0.1, -0.05) is 41.9 Å². The maximum Gasteiger partial charge on any atom is 0.311 e. The third-order valence-corrected chi connectivity index (χ3v) is 3.01. The first kappa shape index (κ1) is 14.3. The van der Waals surface area contributed by atoms with Gasteiger partial charge in [0.2, 0.25) is 5.82 Å². The highest BCUT2D eigenvalue weighted by Crippen LogP contribution is 2.24. The summed E-state index contributed by atoms with van der Waals surface area (Å²) in [6.45, 7) is 1.94. The molecule has 2 rings (SSSR count). The van der Waals surface area contributed by atoms with Crippen molar-refractivity contribution < 1.29 is 4.92 Å². The van der Waals surface area contributed by atoms with Crippen LogP contribution in [-0.2, 0) is 6.42 Å². The van der Waals surface area contributed by atoms with E-state index in [9.17, 15) is 10.1 Å². The fraction of sp³-hybridized carbons (Fsp3) is 0.214. The number of halogens is 1. The zero-order valence-electron chi connectivity index (χ0n) is 10.9. The van der Waals surface area contributed by atoms with E-state index in [0.717, 1.165) is 12.0 Å². The fourth-order valence-corrected chi connectivity index (χ4v) is 2.08. The maximum absolute atomic E-state index is 11.0. The molecule has 104 valence electrons. The van der Waals surface area contributed by atoms with Crippen LogP contribution in [-0.4, -0.2) is 15.9 Å². The molecule has 0 saturated heterocycles. The van der Waals surface area contributed by atoms with Gasteiger partial charge in [-0.3, -0.25) is 10.1 Å². The van der Waals surface area contributed by atoms with Crippen LogP contribution < -0.4 is 5.32 Å². The summed E-state index contributed by atoms with van der Waals surface area (Å²) in [6.07, 6.45) is 0.742. The van der Waals surface area contributed by atoms with Crippen molar-refractivity contribution in [3.05, 3.63) is 63.3 Å². The third kappa shape index (κ3) is 3.68. The number of nitrogens with one attached hydrogen (secondary N) is 1. The second-order valence-electron chi connectivity index (χ2n) is 4.49. The van der Waals surface area contributed by atoms with Gasteiger partial charge in [0.15, 0.2) is 0 Å². The van der Waals surface area contributed by atoms with Gasteiger partial charge in [-0.15, -0.1) is 0 Å². The molecular formula is C14H14ClN3O2. The molecule has 0 aliphatic rings. The Balaban J connectivity index is 2.13. The standard InChI is InChI=1S/C14H14ClN3O2/c1-10(9-11-5-3-2-4-6-11)16-14-12(18(19)20)7-8-13(15)17-14/h2-8,10H,9H2,1H3,(H,16,17). The molecule has 1 heterocycles. The molecule has 0 aliphatic carbocycles. The predicted molar refractivity (Wildman–Crippen MR) is 79.1 cm³/mol. The van der Waals surface area contributed by atoms with Crippen molar-refractivity contribution in [1.82, 2.24) is 4.98 Å². The second-order valence-corrected chi connectivity index (χ2v) is 4.88. The summed E-state index contributed by atoms with van der Waals surface area (Å²) >= 11 is 5.79. The van der Waals surface area contributed by atoms with Gasteiger partial charge in [-0.2, -0.15) is 0 Å². The van der Waals surface area contributed by atoms with Crippen molar-refractivity contribution in [2.75, 3.05) is 5.32 Å². The monoisotopic (exact) mass is 291 g/mol. The van der Waals surface area contributed by atoms with Gasteiger partial charge in [0.1, 0.15) is 5.15 Å². The van der Waals surface area contributed by atoms with Gasteiger partial charge in [-0.25, -0.2) is 4.98 Å². The molecule has 0 saturated carbocycles. The van der Waals surface area contributed by atoms with Gasteiger partial charge < -0.3 is 5.32 Å². The summed E-state index contributed by atoms with van der Waals surface area (Å²) in [4.78, 5) is 14.5. The van der Waals surface area contributed by atoms with E-state index in [-0.39, 0.29) is 22.7 Å². The molecule has 0 aliphatic heterocycles. The molecule has 0 fully saturated rings. The van der Waals surface area contributed by atoms with Crippen molar-refractivity contribution in [2.45, 2.75) is 19.4 Å². The van der Waals surface area contributed by atoms with Gasteiger partial charge in [0, 0.05) is 12.1 Å². The second kappa shape index (κ2) is 6.34. The zero-order valence-corrected chi connectivity index (χ0v) is 11.7. The molecule has 5 nitrogen and oxygen atoms in total. The van der Waals surface area contributed by atoms with Crippen LogP contribution in [0.2, 0.25) is 5.15 Å². The molecule has 6 heteroatoms. The van der Waals surface area contributed by atoms with Crippen LogP contribution in [0.1, 0.15) is 12.5 Å². The summed E-state index contributed by atoms with van der Waals surface area (Å²) in [5.41, 5.74) is 1.08. The van der Waals surface area contributed by atoms with E-state index in [1.54, 1.807) is 0 Å². The lowest BCUT2D eigenvalue weighted by molar-refractivity contribution is -0.384. The minimum absolute atomic E-state index is 0.00191. The number of rotatable bonds is 5. The van der Waals surface area contributed by atoms with E-state index < -0.39 is 4.92 Å². The molecule has 1 N–H and O–H groups in total. The molecular weight excluding hydrogens is 278 g/mol. The number of pyridine rings is 1. The molecule has 20 heavy (non-hydrogen) atoms. The van der Waals surface area contributed by atoms with Crippen molar-refractivity contribution in [1.29, 1.82) is 0 Å². The fourth-order valence-electron chi connectivity index (χ4n) is 1.93. The molecule has 1 aromatic carbocycles. The zero-order chi connectivity index (χ0) is 14.5. The Morgan fingerprint density at radius 2 is 2.00 bits per heavy atom. The summed E-state index contributed by atoms with van der Waals surface area (Å²) in [6, 6.07) is 12.7. The van der Waals surface area contributed by atoms with Crippen molar-refractivity contribution in [2.24, 2.45) is 0 Å². The van der Waals surface area contributed by atoms with Crippen molar-refractivity contribution in [3.63, 3.8) is 0 Å². The lowest BCUT2D eigenvalue weighted by Gasteiger charge is -2.14. The molecule has 1 aromatic heterocycles. The topological polar surface area (TPSA) is 68.1 Å². The van der Waals surface area contributed by atoms with Crippen LogP contribution in [0.5, 0.6) is 0 Å². The normalized spacial score (nSPS) is 11.9. The number of anilines is 1.